The van der Waals surface area contributed by atoms with Crippen LogP contribution in [0.2, 0.25) is 0 Å². The van der Waals surface area contributed by atoms with Gasteiger partial charge in [-0.2, -0.15) is 4.39 Å². The maximum atomic E-state index is 14.5. The predicted octanol–water partition coefficient (Wildman–Crippen LogP) is 3.80. The van der Waals surface area contributed by atoms with Crippen molar-refractivity contribution in [3.8, 4) is 5.75 Å². The van der Waals surface area contributed by atoms with Gasteiger partial charge in [-0.15, -0.1) is 0 Å². The van der Waals surface area contributed by atoms with Crippen molar-refractivity contribution in [3.63, 3.8) is 0 Å². The summed E-state index contributed by atoms with van der Waals surface area (Å²) in [5.74, 6) is -1.43. The van der Waals surface area contributed by atoms with E-state index in [1.54, 1.807) is 11.0 Å². The Hall–Kier alpha value is -1.04. The van der Waals surface area contributed by atoms with Gasteiger partial charge in [0.05, 0.1) is 24.5 Å². The molecule has 0 radical (unpaired) electrons. The number of carbonyl (C=O) groups is 1. The number of phenolic OH excluding ortho intramolecular Hbond substituents is 1. The Kier molecular flexibility index (Phi) is 4.35. The fraction of sp³-hybridized carbons (Fsp3) is 0.400. The van der Waals surface area contributed by atoms with E-state index in [2.05, 4.69) is 22.6 Å². The van der Waals surface area contributed by atoms with E-state index in [1.807, 2.05) is 0 Å². The summed E-state index contributed by atoms with van der Waals surface area (Å²) in [7, 11) is 0. The Morgan fingerprint density at radius 1 is 1.42 bits per heavy atom. The molecule has 0 unspecified atom stereocenters. The number of phenols is 1. The van der Waals surface area contributed by atoms with Gasteiger partial charge in [-0.3, -0.25) is 9.69 Å². The van der Waals surface area contributed by atoms with Crippen LogP contribution in [0.15, 0.2) is 16.7 Å². The van der Waals surface area contributed by atoms with E-state index in [4.69, 9.17) is 13.9 Å². The van der Waals surface area contributed by atoms with Crippen molar-refractivity contribution in [2.45, 2.75) is 11.5 Å². The van der Waals surface area contributed by atoms with Crippen LogP contribution in [-0.4, -0.2) is 39.8 Å². The topological polar surface area (TPSA) is 72.1 Å². The SMILES string of the molecule is O=C1S[C@@H](CI)CN1c1coc2c(F)c(O)c(C3OCCO3)cc12. The van der Waals surface area contributed by atoms with Crippen molar-refractivity contribution in [1.29, 1.82) is 0 Å². The van der Waals surface area contributed by atoms with Crippen LogP contribution in [0.5, 0.6) is 5.75 Å². The maximum Gasteiger partial charge on any atom is 0.286 e. The second-order valence-electron chi connectivity index (χ2n) is 5.47. The highest BCUT2D eigenvalue weighted by Crippen LogP contribution is 2.43. The quantitative estimate of drug-likeness (QED) is 0.550. The Bertz CT molecular complexity index is 807. The zero-order valence-corrected chi connectivity index (χ0v) is 15.3. The molecule has 1 aromatic heterocycles. The summed E-state index contributed by atoms with van der Waals surface area (Å²) >= 11 is 3.50. The van der Waals surface area contributed by atoms with Gasteiger partial charge in [0.25, 0.3) is 5.24 Å². The molecule has 2 aromatic rings. The van der Waals surface area contributed by atoms with Gasteiger partial charge in [-0.25, -0.2) is 0 Å². The van der Waals surface area contributed by atoms with E-state index in [-0.39, 0.29) is 21.6 Å². The number of ether oxygens (including phenoxy) is 2. The molecule has 6 nitrogen and oxygen atoms in total. The van der Waals surface area contributed by atoms with Gasteiger partial charge in [0.2, 0.25) is 5.82 Å². The molecule has 0 aliphatic carbocycles. The van der Waals surface area contributed by atoms with Gasteiger partial charge in [0.15, 0.2) is 17.6 Å². The monoisotopic (exact) mass is 465 g/mol. The van der Waals surface area contributed by atoms with Gasteiger partial charge in [-0.05, 0) is 6.07 Å². The first-order valence-corrected chi connectivity index (χ1v) is 9.70. The number of rotatable bonds is 3. The van der Waals surface area contributed by atoms with Crippen LogP contribution in [0, 0.1) is 5.82 Å². The lowest BCUT2D eigenvalue weighted by atomic mass is 10.1. The molecule has 1 aromatic carbocycles. The van der Waals surface area contributed by atoms with Crippen LogP contribution < -0.4 is 4.90 Å². The molecular weight excluding hydrogens is 452 g/mol. The number of anilines is 1. The molecule has 2 saturated heterocycles. The summed E-state index contributed by atoms with van der Waals surface area (Å²) in [5.41, 5.74) is 0.609. The highest BCUT2D eigenvalue weighted by molar-refractivity contribution is 14.1. The van der Waals surface area contributed by atoms with E-state index in [0.717, 1.165) is 4.43 Å². The number of furan rings is 1. The normalized spacial score (nSPS) is 22.2. The standard InChI is InChI=1S/C15H13FINO5S/c16-11-12(19)9(14-21-1-2-22-14)3-8-10(6-23-13(8)11)18-5-7(4-17)24-15(18)20/h3,6-7,14,19H,1-2,4-5H2/t7-/m0/s1. The lowest BCUT2D eigenvalue weighted by Gasteiger charge is -2.15. The van der Waals surface area contributed by atoms with E-state index >= 15 is 0 Å². The molecular formula is C15H13FINO5S. The minimum atomic E-state index is -0.877. The molecule has 4 rings (SSSR count). The Labute approximate surface area is 154 Å². The van der Waals surface area contributed by atoms with Crippen molar-refractivity contribution in [1.82, 2.24) is 0 Å². The first kappa shape index (κ1) is 16.4. The molecule has 0 spiro atoms. The zero-order chi connectivity index (χ0) is 16.8. The molecule has 1 atom stereocenters. The number of benzene rings is 1. The van der Waals surface area contributed by atoms with Gasteiger partial charge < -0.3 is 19.0 Å². The first-order chi connectivity index (χ1) is 11.6. The molecule has 24 heavy (non-hydrogen) atoms. The van der Waals surface area contributed by atoms with Crippen LogP contribution in [0.3, 0.4) is 0 Å². The summed E-state index contributed by atoms with van der Waals surface area (Å²) in [6.45, 7) is 1.29. The van der Waals surface area contributed by atoms with Crippen molar-refractivity contribution in [2.24, 2.45) is 0 Å². The Balaban J connectivity index is 1.82. The maximum absolute atomic E-state index is 14.5. The fourth-order valence-corrected chi connectivity index (χ4v) is 4.54. The van der Waals surface area contributed by atoms with Crippen molar-refractivity contribution in [3.05, 3.63) is 23.7 Å². The minimum absolute atomic E-state index is 0.0834. The summed E-state index contributed by atoms with van der Waals surface area (Å²) < 4.78 is 31.3. The van der Waals surface area contributed by atoms with Crippen molar-refractivity contribution >= 4 is 56.2 Å². The van der Waals surface area contributed by atoms with Gasteiger partial charge >= 0.3 is 0 Å². The number of halogens is 2. The number of hydrogen-bond acceptors (Lipinski definition) is 6. The molecule has 3 heterocycles. The van der Waals surface area contributed by atoms with E-state index in [9.17, 15) is 14.3 Å². The van der Waals surface area contributed by atoms with Crippen LogP contribution in [0.4, 0.5) is 14.9 Å². The summed E-state index contributed by atoms with van der Waals surface area (Å²) in [4.78, 5) is 13.8. The van der Waals surface area contributed by atoms with Crippen LogP contribution in [-0.2, 0) is 9.47 Å². The number of thioether (sulfide) groups is 1. The highest BCUT2D eigenvalue weighted by atomic mass is 127. The number of alkyl halides is 1. The molecule has 2 aliphatic heterocycles. The number of amides is 1. The minimum Gasteiger partial charge on any atom is -0.504 e. The van der Waals surface area contributed by atoms with E-state index < -0.39 is 17.9 Å². The van der Waals surface area contributed by atoms with Gasteiger partial charge in [-0.1, -0.05) is 34.4 Å². The summed E-state index contributed by atoms with van der Waals surface area (Å²) in [6, 6.07) is 1.57. The molecule has 128 valence electrons. The Morgan fingerprint density at radius 2 is 2.17 bits per heavy atom. The molecule has 0 saturated carbocycles. The number of nitrogens with zero attached hydrogens (tertiary/aromatic N) is 1. The molecule has 2 aliphatic rings. The third-order valence-electron chi connectivity index (χ3n) is 4.00. The van der Waals surface area contributed by atoms with Crippen LogP contribution in [0.1, 0.15) is 11.9 Å². The first-order valence-electron chi connectivity index (χ1n) is 7.30. The summed E-state index contributed by atoms with van der Waals surface area (Å²) in [5, 5.41) is 10.6. The molecule has 2 fully saturated rings. The summed E-state index contributed by atoms with van der Waals surface area (Å²) in [6.07, 6.45) is 0.527. The van der Waals surface area contributed by atoms with Crippen molar-refractivity contribution < 1.29 is 28.2 Å². The molecule has 9 heteroatoms. The van der Waals surface area contributed by atoms with Crippen LogP contribution >= 0.6 is 34.4 Å². The smallest absolute Gasteiger partial charge is 0.286 e. The molecule has 1 amide bonds. The van der Waals surface area contributed by atoms with Crippen LogP contribution in [0.25, 0.3) is 11.0 Å². The largest absolute Gasteiger partial charge is 0.504 e. The zero-order valence-electron chi connectivity index (χ0n) is 12.3. The number of fused-ring (bicyclic) bond motifs is 1. The molecule has 1 N–H and O–H groups in total. The number of carbonyl (C=O) groups excluding carboxylic acids is 1. The highest BCUT2D eigenvalue weighted by Gasteiger charge is 2.34. The average molecular weight is 465 g/mol. The number of aromatic hydroxyl groups is 1. The second kappa shape index (κ2) is 6.36. The average Bonchev–Trinajstić information content (AvgIpc) is 3.29. The predicted molar refractivity (Wildman–Crippen MR) is 95.5 cm³/mol. The van der Waals surface area contributed by atoms with E-state index in [1.165, 1.54) is 18.0 Å². The van der Waals surface area contributed by atoms with Gasteiger partial charge in [0, 0.05) is 21.6 Å². The second-order valence-corrected chi connectivity index (χ2v) is 7.60. The Morgan fingerprint density at radius 3 is 2.83 bits per heavy atom. The number of hydrogen-bond donors (Lipinski definition) is 1. The lowest BCUT2D eigenvalue weighted by Crippen LogP contribution is -2.24. The lowest BCUT2D eigenvalue weighted by molar-refractivity contribution is -0.0456. The molecule has 0 bridgehead atoms. The van der Waals surface area contributed by atoms with E-state index in [0.29, 0.717) is 30.8 Å². The fourth-order valence-electron chi connectivity index (χ4n) is 2.85. The van der Waals surface area contributed by atoms with Crippen molar-refractivity contribution in [2.75, 3.05) is 29.1 Å². The third kappa shape index (κ3) is 2.57. The van der Waals surface area contributed by atoms with Gasteiger partial charge in [0.1, 0.15) is 6.26 Å². The third-order valence-corrected chi connectivity index (χ3v) is 6.73.